The SMILES string of the molecule is CNCCc1c(Br)c(C2CCCC2)nn1C. The van der Waals surface area contributed by atoms with Gasteiger partial charge in [-0.25, -0.2) is 0 Å². The van der Waals surface area contributed by atoms with E-state index in [-0.39, 0.29) is 0 Å². The zero-order chi connectivity index (χ0) is 11.5. The predicted octanol–water partition coefficient (Wildman–Crippen LogP) is 2.60. The number of rotatable bonds is 4. The van der Waals surface area contributed by atoms with Gasteiger partial charge in [0.2, 0.25) is 0 Å². The van der Waals surface area contributed by atoms with Crippen molar-refractivity contribution in [3.05, 3.63) is 15.9 Å². The van der Waals surface area contributed by atoms with E-state index in [0.29, 0.717) is 5.92 Å². The van der Waals surface area contributed by atoms with Crippen molar-refractivity contribution in [1.82, 2.24) is 15.1 Å². The van der Waals surface area contributed by atoms with Crippen LogP contribution in [0.15, 0.2) is 4.47 Å². The Morgan fingerprint density at radius 2 is 2.12 bits per heavy atom. The second-order valence-electron chi connectivity index (χ2n) is 4.60. The van der Waals surface area contributed by atoms with Crippen molar-refractivity contribution < 1.29 is 0 Å². The van der Waals surface area contributed by atoms with Crippen LogP contribution >= 0.6 is 15.9 Å². The topological polar surface area (TPSA) is 29.9 Å². The fourth-order valence-corrected chi connectivity index (χ4v) is 3.39. The molecular weight excluding hydrogens is 266 g/mol. The third-order valence-electron chi connectivity index (χ3n) is 3.48. The van der Waals surface area contributed by atoms with Crippen molar-refractivity contribution in [3.63, 3.8) is 0 Å². The summed E-state index contributed by atoms with van der Waals surface area (Å²) in [7, 11) is 4.04. The number of aromatic nitrogens is 2. The summed E-state index contributed by atoms with van der Waals surface area (Å²) in [6.45, 7) is 1.00. The highest BCUT2D eigenvalue weighted by Gasteiger charge is 2.24. The molecule has 1 heterocycles. The molecule has 1 aliphatic carbocycles. The Kier molecular flexibility index (Phi) is 4.03. The molecule has 1 aromatic rings. The van der Waals surface area contributed by atoms with Gasteiger partial charge in [0.1, 0.15) is 0 Å². The Bertz CT molecular complexity index is 353. The van der Waals surface area contributed by atoms with E-state index in [0.717, 1.165) is 13.0 Å². The zero-order valence-electron chi connectivity index (χ0n) is 10.1. The minimum atomic E-state index is 0.684. The number of hydrogen-bond acceptors (Lipinski definition) is 2. The highest BCUT2D eigenvalue weighted by molar-refractivity contribution is 9.10. The molecule has 0 amide bonds. The van der Waals surface area contributed by atoms with Gasteiger partial charge in [-0.2, -0.15) is 5.10 Å². The van der Waals surface area contributed by atoms with Crippen LogP contribution in [0.3, 0.4) is 0 Å². The van der Waals surface area contributed by atoms with Gasteiger partial charge in [-0.15, -0.1) is 0 Å². The summed E-state index contributed by atoms with van der Waals surface area (Å²) in [6, 6.07) is 0. The van der Waals surface area contributed by atoms with E-state index in [1.165, 1.54) is 41.5 Å². The first-order chi connectivity index (χ1) is 7.74. The number of hydrogen-bond donors (Lipinski definition) is 1. The molecule has 0 atom stereocenters. The maximum atomic E-state index is 4.69. The Balaban J connectivity index is 2.19. The van der Waals surface area contributed by atoms with Crippen LogP contribution in [0.5, 0.6) is 0 Å². The molecule has 1 N–H and O–H groups in total. The summed E-state index contributed by atoms with van der Waals surface area (Å²) < 4.78 is 3.28. The minimum absolute atomic E-state index is 0.684. The summed E-state index contributed by atoms with van der Waals surface area (Å²) >= 11 is 3.73. The van der Waals surface area contributed by atoms with Gasteiger partial charge >= 0.3 is 0 Å². The van der Waals surface area contributed by atoms with Crippen molar-refractivity contribution in [3.8, 4) is 0 Å². The summed E-state index contributed by atoms with van der Waals surface area (Å²) in [5.41, 5.74) is 2.60. The third-order valence-corrected chi connectivity index (χ3v) is 4.34. The Hall–Kier alpha value is -0.350. The molecule has 0 bridgehead atoms. The molecule has 1 aromatic heterocycles. The van der Waals surface area contributed by atoms with E-state index >= 15 is 0 Å². The fourth-order valence-electron chi connectivity index (χ4n) is 2.53. The molecular formula is C12H20BrN3. The molecule has 2 rings (SSSR count). The second-order valence-corrected chi connectivity index (χ2v) is 5.40. The maximum absolute atomic E-state index is 4.69. The van der Waals surface area contributed by atoms with Crippen LogP contribution in [-0.4, -0.2) is 23.4 Å². The van der Waals surface area contributed by atoms with E-state index in [4.69, 9.17) is 0 Å². The van der Waals surface area contributed by atoms with Crippen molar-refractivity contribution >= 4 is 15.9 Å². The van der Waals surface area contributed by atoms with Gasteiger partial charge in [0, 0.05) is 25.9 Å². The maximum Gasteiger partial charge on any atom is 0.0800 e. The van der Waals surface area contributed by atoms with Gasteiger partial charge in [-0.05, 0) is 35.8 Å². The average molecular weight is 286 g/mol. The first-order valence-electron chi connectivity index (χ1n) is 6.10. The fraction of sp³-hybridized carbons (Fsp3) is 0.750. The van der Waals surface area contributed by atoms with Gasteiger partial charge in [0.25, 0.3) is 0 Å². The van der Waals surface area contributed by atoms with E-state index < -0.39 is 0 Å². The largest absolute Gasteiger partial charge is 0.319 e. The summed E-state index contributed by atoms with van der Waals surface area (Å²) in [5, 5.41) is 7.87. The smallest absolute Gasteiger partial charge is 0.0800 e. The molecule has 0 spiro atoms. The molecule has 0 unspecified atom stereocenters. The average Bonchev–Trinajstić information content (AvgIpc) is 2.86. The van der Waals surface area contributed by atoms with Crippen molar-refractivity contribution in [2.24, 2.45) is 7.05 Å². The summed E-state index contributed by atoms with van der Waals surface area (Å²) in [6.07, 6.45) is 6.37. The molecule has 90 valence electrons. The zero-order valence-corrected chi connectivity index (χ0v) is 11.7. The summed E-state index contributed by atoms with van der Waals surface area (Å²) in [4.78, 5) is 0. The number of nitrogens with one attached hydrogen (secondary N) is 1. The van der Waals surface area contributed by atoms with Crippen LogP contribution in [0.25, 0.3) is 0 Å². The van der Waals surface area contributed by atoms with Gasteiger partial charge in [-0.1, -0.05) is 12.8 Å². The monoisotopic (exact) mass is 285 g/mol. The van der Waals surface area contributed by atoms with Crippen LogP contribution < -0.4 is 5.32 Å². The van der Waals surface area contributed by atoms with Crippen LogP contribution in [0.4, 0.5) is 0 Å². The quantitative estimate of drug-likeness (QED) is 0.922. The molecule has 1 aliphatic rings. The van der Waals surface area contributed by atoms with Crippen LogP contribution in [0.1, 0.15) is 43.0 Å². The predicted molar refractivity (Wildman–Crippen MR) is 69.7 cm³/mol. The van der Waals surface area contributed by atoms with Crippen LogP contribution in [0, 0.1) is 0 Å². The second kappa shape index (κ2) is 5.32. The van der Waals surface area contributed by atoms with Gasteiger partial charge < -0.3 is 5.32 Å². The normalized spacial score (nSPS) is 17.2. The lowest BCUT2D eigenvalue weighted by Gasteiger charge is -2.05. The molecule has 0 radical (unpaired) electrons. The lowest BCUT2D eigenvalue weighted by Crippen LogP contribution is -2.12. The standard InChI is InChI=1S/C12H20BrN3/c1-14-8-7-10-11(13)12(15-16(10)2)9-5-3-4-6-9/h9,14H,3-8H2,1-2H3. The molecule has 0 aromatic carbocycles. The lowest BCUT2D eigenvalue weighted by molar-refractivity contribution is 0.639. The summed E-state index contributed by atoms with van der Waals surface area (Å²) in [5.74, 6) is 0.684. The lowest BCUT2D eigenvalue weighted by atomic mass is 10.0. The van der Waals surface area contributed by atoms with E-state index in [2.05, 4.69) is 26.3 Å². The Morgan fingerprint density at radius 3 is 2.75 bits per heavy atom. The molecule has 1 fully saturated rings. The number of nitrogens with zero attached hydrogens (tertiary/aromatic N) is 2. The molecule has 0 aliphatic heterocycles. The Labute approximate surface area is 106 Å². The van der Waals surface area contributed by atoms with Gasteiger partial charge in [0.05, 0.1) is 15.9 Å². The van der Waals surface area contributed by atoms with E-state index in [1.54, 1.807) is 0 Å². The van der Waals surface area contributed by atoms with E-state index in [1.807, 2.05) is 18.8 Å². The highest BCUT2D eigenvalue weighted by atomic mass is 79.9. The number of likely N-dealkylation sites (N-methyl/N-ethyl adjacent to an activating group) is 1. The van der Waals surface area contributed by atoms with Crippen LogP contribution in [0.2, 0.25) is 0 Å². The molecule has 16 heavy (non-hydrogen) atoms. The van der Waals surface area contributed by atoms with Gasteiger partial charge in [-0.3, -0.25) is 4.68 Å². The molecule has 3 nitrogen and oxygen atoms in total. The first-order valence-corrected chi connectivity index (χ1v) is 6.89. The highest BCUT2D eigenvalue weighted by Crippen LogP contribution is 2.38. The van der Waals surface area contributed by atoms with Crippen molar-refractivity contribution in [2.75, 3.05) is 13.6 Å². The van der Waals surface area contributed by atoms with Crippen LogP contribution in [-0.2, 0) is 13.5 Å². The van der Waals surface area contributed by atoms with Crippen molar-refractivity contribution in [1.29, 1.82) is 0 Å². The first kappa shape index (κ1) is 12.1. The van der Waals surface area contributed by atoms with Gasteiger partial charge in [0.15, 0.2) is 0 Å². The minimum Gasteiger partial charge on any atom is -0.319 e. The van der Waals surface area contributed by atoms with E-state index in [9.17, 15) is 0 Å². The third kappa shape index (κ3) is 2.33. The molecule has 4 heteroatoms. The molecule has 0 saturated heterocycles. The van der Waals surface area contributed by atoms with Crippen molar-refractivity contribution in [2.45, 2.75) is 38.0 Å². The number of halogens is 1. The molecule has 1 saturated carbocycles. The Morgan fingerprint density at radius 1 is 1.44 bits per heavy atom. The number of aryl methyl sites for hydroxylation is 1.